The molecule has 0 unspecified atom stereocenters. The lowest BCUT2D eigenvalue weighted by atomic mass is 9.88. The van der Waals surface area contributed by atoms with E-state index in [4.69, 9.17) is 9.47 Å². The van der Waals surface area contributed by atoms with Gasteiger partial charge in [0.15, 0.2) is 0 Å². The highest BCUT2D eigenvalue weighted by atomic mass is 32.2. The summed E-state index contributed by atoms with van der Waals surface area (Å²) in [6.07, 6.45) is 2.17. The maximum absolute atomic E-state index is 13.7. The van der Waals surface area contributed by atoms with Crippen molar-refractivity contribution < 1.29 is 23.8 Å². The number of carbonyl (C=O) groups is 1. The van der Waals surface area contributed by atoms with Gasteiger partial charge in [-0.3, -0.25) is 4.79 Å². The molecule has 0 aliphatic rings. The fourth-order valence-electron chi connectivity index (χ4n) is 5.86. The van der Waals surface area contributed by atoms with E-state index in [1.807, 2.05) is 43.5 Å². The van der Waals surface area contributed by atoms with Crippen LogP contribution in [0.3, 0.4) is 0 Å². The Morgan fingerprint density at radius 2 is 1.66 bits per heavy atom. The number of pyridine rings is 2. The molecule has 0 saturated carbocycles. The van der Waals surface area contributed by atoms with Gasteiger partial charge in [0.2, 0.25) is 5.88 Å². The monoisotopic (exact) mass is 691 g/mol. The van der Waals surface area contributed by atoms with Crippen molar-refractivity contribution in [2.75, 3.05) is 6.61 Å². The van der Waals surface area contributed by atoms with Crippen molar-refractivity contribution >= 4 is 39.5 Å². The molecule has 258 valence electrons. The van der Waals surface area contributed by atoms with E-state index in [0.717, 1.165) is 49.3 Å². The number of thioether (sulfide) groups is 1. The Balaban J connectivity index is 1.37. The SMILES string of the molecule is CCOc1ccc(-c2ccc(Cn3c(CC(C)(C)C(=O)O)c(SC(C)(C)C)c4cc(OCc5ccc6cc(F)ccc6n5)ccc43)cc2)cn1. The van der Waals surface area contributed by atoms with Gasteiger partial charge < -0.3 is 19.1 Å². The fraction of sp³-hybridized carbons (Fsp3) is 0.293. The summed E-state index contributed by atoms with van der Waals surface area (Å²) in [5.74, 6) is 0.148. The summed E-state index contributed by atoms with van der Waals surface area (Å²) < 4.78 is 27.6. The molecular weight excluding hydrogens is 650 g/mol. The highest BCUT2D eigenvalue weighted by Crippen LogP contribution is 2.44. The molecule has 3 aromatic heterocycles. The number of carboxylic acids is 1. The number of hydrogen-bond donors (Lipinski definition) is 1. The minimum atomic E-state index is -0.992. The van der Waals surface area contributed by atoms with Gasteiger partial charge in [-0.25, -0.2) is 14.4 Å². The van der Waals surface area contributed by atoms with Crippen LogP contribution in [0.4, 0.5) is 4.39 Å². The molecule has 7 nitrogen and oxygen atoms in total. The molecule has 0 fully saturated rings. The third kappa shape index (κ3) is 7.94. The molecular formula is C41H42FN3O4S. The normalized spacial score (nSPS) is 12.1. The Kier molecular flexibility index (Phi) is 9.89. The average molecular weight is 692 g/mol. The van der Waals surface area contributed by atoms with Crippen molar-refractivity contribution in [2.45, 2.75) is 70.8 Å². The van der Waals surface area contributed by atoms with E-state index < -0.39 is 11.4 Å². The second-order valence-corrected chi connectivity index (χ2v) is 15.9. The van der Waals surface area contributed by atoms with Gasteiger partial charge in [-0.2, -0.15) is 0 Å². The van der Waals surface area contributed by atoms with Crippen LogP contribution in [-0.4, -0.2) is 37.0 Å². The van der Waals surface area contributed by atoms with Gasteiger partial charge in [-0.05, 0) is 80.4 Å². The molecule has 9 heteroatoms. The van der Waals surface area contributed by atoms with E-state index in [-0.39, 0.29) is 17.2 Å². The molecule has 50 heavy (non-hydrogen) atoms. The van der Waals surface area contributed by atoms with Crippen molar-refractivity contribution in [3.63, 3.8) is 0 Å². The summed E-state index contributed by atoms with van der Waals surface area (Å²) in [6.45, 7) is 13.4. The van der Waals surface area contributed by atoms with E-state index in [1.165, 1.54) is 12.1 Å². The highest BCUT2D eigenvalue weighted by molar-refractivity contribution is 8.00. The van der Waals surface area contributed by atoms with Crippen LogP contribution in [0.15, 0.2) is 96.0 Å². The van der Waals surface area contributed by atoms with Crippen LogP contribution in [-0.2, 0) is 24.4 Å². The van der Waals surface area contributed by atoms with E-state index in [9.17, 15) is 14.3 Å². The lowest BCUT2D eigenvalue weighted by molar-refractivity contribution is -0.146. The van der Waals surface area contributed by atoms with Crippen LogP contribution in [0, 0.1) is 11.2 Å². The van der Waals surface area contributed by atoms with Gasteiger partial charge in [0.25, 0.3) is 0 Å². The molecule has 0 aliphatic heterocycles. The average Bonchev–Trinajstić information content (AvgIpc) is 3.33. The predicted molar refractivity (Wildman–Crippen MR) is 199 cm³/mol. The van der Waals surface area contributed by atoms with E-state index in [1.54, 1.807) is 31.7 Å². The lowest BCUT2D eigenvalue weighted by Crippen LogP contribution is -2.28. The summed E-state index contributed by atoms with van der Waals surface area (Å²) in [4.78, 5) is 22.6. The van der Waals surface area contributed by atoms with Gasteiger partial charge in [0.1, 0.15) is 18.2 Å². The maximum atomic E-state index is 13.7. The van der Waals surface area contributed by atoms with Gasteiger partial charge in [0, 0.05) is 62.4 Å². The molecule has 0 amide bonds. The molecule has 0 spiro atoms. The quantitative estimate of drug-likeness (QED) is 0.128. The van der Waals surface area contributed by atoms with E-state index in [2.05, 4.69) is 71.7 Å². The first-order valence-corrected chi connectivity index (χ1v) is 17.5. The number of fused-ring (bicyclic) bond motifs is 2. The standard InChI is InChI=1S/C41H42FN3O4S/c1-7-48-37-19-13-29(23-43-37)27-10-8-26(9-11-27)24-45-35-18-16-32(49-25-31-15-12-28-20-30(42)14-17-34(28)44-31)21-33(35)38(50-40(2,3)4)36(45)22-41(5,6)39(46)47/h8-21,23H,7,22,24-25H2,1-6H3,(H,46,47). The number of aromatic nitrogens is 3. The van der Waals surface area contributed by atoms with Crippen molar-refractivity contribution in [3.05, 3.63) is 114 Å². The summed E-state index contributed by atoms with van der Waals surface area (Å²) in [5, 5.41) is 11.9. The number of carboxylic acid groups (broad SMARTS) is 1. The van der Waals surface area contributed by atoms with Crippen molar-refractivity contribution in [3.8, 4) is 22.8 Å². The number of nitrogens with zero attached hydrogens (tertiary/aromatic N) is 3. The van der Waals surface area contributed by atoms with Crippen molar-refractivity contribution in [2.24, 2.45) is 5.41 Å². The van der Waals surface area contributed by atoms with Gasteiger partial charge >= 0.3 is 5.97 Å². The zero-order valence-corrected chi connectivity index (χ0v) is 30.1. The predicted octanol–water partition coefficient (Wildman–Crippen LogP) is 9.96. The second-order valence-electron chi connectivity index (χ2n) is 14.1. The zero-order valence-electron chi connectivity index (χ0n) is 29.3. The van der Waals surface area contributed by atoms with E-state index in [0.29, 0.717) is 36.7 Å². The molecule has 0 radical (unpaired) electrons. The number of aliphatic carboxylic acids is 1. The number of ether oxygens (including phenoxy) is 2. The molecule has 6 aromatic rings. The maximum Gasteiger partial charge on any atom is 0.309 e. The van der Waals surface area contributed by atoms with Crippen LogP contribution in [0.25, 0.3) is 32.9 Å². The van der Waals surface area contributed by atoms with Crippen LogP contribution in [0.2, 0.25) is 0 Å². The minimum Gasteiger partial charge on any atom is -0.487 e. The first kappa shape index (κ1) is 35.0. The van der Waals surface area contributed by atoms with Crippen molar-refractivity contribution in [1.29, 1.82) is 0 Å². The minimum absolute atomic E-state index is 0.139. The first-order valence-electron chi connectivity index (χ1n) is 16.7. The first-order chi connectivity index (χ1) is 23.8. The second kappa shape index (κ2) is 14.2. The Bertz CT molecular complexity index is 2150. The Labute approximate surface area is 296 Å². The smallest absolute Gasteiger partial charge is 0.309 e. The van der Waals surface area contributed by atoms with Crippen LogP contribution in [0.1, 0.15) is 58.5 Å². The zero-order chi connectivity index (χ0) is 35.6. The van der Waals surface area contributed by atoms with Gasteiger partial charge in [-0.1, -0.05) is 51.1 Å². The number of hydrogen-bond acceptors (Lipinski definition) is 6. The third-order valence-electron chi connectivity index (χ3n) is 8.44. The molecule has 0 saturated heterocycles. The number of rotatable bonds is 12. The molecule has 6 rings (SSSR count). The summed E-state index contributed by atoms with van der Waals surface area (Å²) >= 11 is 1.74. The molecule has 3 heterocycles. The lowest BCUT2D eigenvalue weighted by Gasteiger charge is -2.24. The van der Waals surface area contributed by atoms with Crippen molar-refractivity contribution in [1.82, 2.24) is 14.5 Å². The molecule has 3 aromatic carbocycles. The molecule has 1 N–H and O–H groups in total. The highest BCUT2D eigenvalue weighted by Gasteiger charge is 2.33. The number of halogens is 1. The molecule has 0 atom stereocenters. The Morgan fingerprint density at radius 3 is 2.34 bits per heavy atom. The van der Waals surface area contributed by atoms with Crippen LogP contribution in [0.5, 0.6) is 11.6 Å². The number of benzene rings is 3. The Morgan fingerprint density at radius 1 is 0.900 bits per heavy atom. The largest absolute Gasteiger partial charge is 0.487 e. The van der Waals surface area contributed by atoms with Gasteiger partial charge in [0.05, 0.1) is 23.2 Å². The topological polar surface area (TPSA) is 86.5 Å². The van der Waals surface area contributed by atoms with Crippen LogP contribution >= 0.6 is 11.8 Å². The third-order valence-corrected chi connectivity index (χ3v) is 9.71. The summed E-state index contributed by atoms with van der Waals surface area (Å²) in [7, 11) is 0. The molecule has 0 aliphatic carbocycles. The summed E-state index contributed by atoms with van der Waals surface area (Å²) in [5.41, 5.74) is 5.58. The summed E-state index contributed by atoms with van der Waals surface area (Å²) in [6, 6.07) is 26.6. The Hall–Kier alpha value is -4.89. The van der Waals surface area contributed by atoms with Crippen LogP contribution < -0.4 is 9.47 Å². The van der Waals surface area contributed by atoms with E-state index >= 15 is 0 Å². The molecule has 0 bridgehead atoms. The van der Waals surface area contributed by atoms with Gasteiger partial charge in [-0.15, -0.1) is 11.8 Å². The fourth-order valence-corrected chi connectivity index (χ4v) is 7.05.